The number of esters is 2. The monoisotopic (exact) mass is 851 g/mol. The van der Waals surface area contributed by atoms with Crippen LogP contribution in [0.1, 0.15) is 239 Å². The molecular formula is C50H91O8P. The lowest BCUT2D eigenvalue weighted by Gasteiger charge is -2.18. The minimum atomic E-state index is -4.77. The molecule has 0 radical (unpaired) electrons. The smallest absolute Gasteiger partial charge is 0.462 e. The lowest BCUT2D eigenvalue weighted by Crippen LogP contribution is -2.29. The van der Waals surface area contributed by atoms with E-state index in [0.29, 0.717) is 6.42 Å². The number of ether oxygens (including phenoxy) is 2. The first-order valence-electron chi connectivity index (χ1n) is 24.4. The third-order valence-electron chi connectivity index (χ3n) is 10.6. The van der Waals surface area contributed by atoms with Gasteiger partial charge in [-0.05, 0) is 51.4 Å². The number of hydrogen-bond donors (Lipinski definition) is 2. The fraction of sp³-hybridized carbons (Fsp3) is 0.800. The normalized spacial score (nSPS) is 12.8. The van der Waals surface area contributed by atoms with Crippen LogP contribution in [0, 0.1) is 0 Å². The van der Waals surface area contributed by atoms with Crippen LogP contribution in [0.2, 0.25) is 0 Å². The average Bonchev–Trinajstić information content (AvgIpc) is 3.21. The van der Waals surface area contributed by atoms with Gasteiger partial charge in [0.2, 0.25) is 0 Å². The maximum Gasteiger partial charge on any atom is 0.469 e. The highest BCUT2D eigenvalue weighted by Crippen LogP contribution is 2.36. The predicted molar refractivity (Wildman–Crippen MR) is 248 cm³/mol. The van der Waals surface area contributed by atoms with Gasteiger partial charge < -0.3 is 19.3 Å². The lowest BCUT2D eigenvalue weighted by atomic mass is 10.0. The third kappa shape index (κ3) is 48.6. The maximum atomic E-state index is 12.4. The fourth-order valence-corrected chi connectivity index (χ4v) is 7.37. The van der Waals surface area contributed by atoms with Crippen molar-refractivity contribution in [3.05, 3.63) is 48.6 Å². The van der Waals surface area contributed by atoms with Crippen molar-refractivity contribution < 1.29 is 37.9 Å². The maximum absolute atomic E-state index is 12.4. The summed E-state index contributed by atoms with van der Waals surface area (Å²) in [6.45, 7) is 3.58. The van der Waals surface area contributed by atoms with E-state index in [1.165, 1.54) is 135 Å². The van der Waals surface area contributed by atoms with E-state index in [1.54, 1.807) is 0 Å². The number of hydrogen-bond acceptors (Lipinski definition) is 6. The molecule has 0 saturated carbocycles. The first-order chi connectivity index (χ1) is 28.8. The summed E-state index contributed by atoms with van der Waals surface area (Å²) in [6, 6.07) is 0. The highest BCUT2D eigenvalue weighted by molar-refractivity contribution is 7.46. The molecule has 2 N–H and O–H groups in total. The molecule has 9 heteroatoms. The third-order valence-corrected chi connectivity index (χ3v) is 11.1. The van der Waals surface area contributed by atoms with Crippen molar-refractivity contribution in [2.45, 2.75) is 245 Å². The second kappa shape index (κ2) is 45.5. The van der Waals surface area contributed by atoms with E-state index in [-0.39, 0.29) is 19.4 Å². The lowest BCUT2D eigenvalue weighted by molar-refractivity contribution is -0.161. The van der Waals surface area contributed by atoms with Crippen molar-refractivity contribution in [3.8, 4) is 0 Å². The van der Waals surface area contributed by atoms with Gasteiger partial charge in [-0.3, -0.25) is 14.1 Å². The van der Waals surface area contributed by atoms with Crippen LogP contribution in [0.25, 0.3) is 0 Å². The molecule has 0 rings (SSSR count). The quantitative estimate of drug-likeness (QED) is 0.0269. The topological polar surface area (TPSA) is 119 Å². The molecular weight excluding hydrogens is 760 g/mol. The van der Waals surface area contributed by atoms with E-state index < -0.39 is 32.5 Å². The highest BCUT2D eigenvalue weighted by atomic mass is 31.2. The Labute approximate surface area is 363 Å². The second-order valence-electron chi connectivity index (χ2n) is 16.4. The molecule has 0 bridgehead atoms. The standard InChI is InChI=1S/C50H91O8P/c1-3-5-7-9-11-13-15-17-19-21-22-23-24-25-26-27-29-30-32-34-36-38-40-42-44-49(51)56-46-48(47-57-59(53,54)55)58-50(52)45-43-41-39-37-35-33-31-28-20-18-16-14-12-10-8-6-4-2/h6,8,12,14,18,20,31,33,48H,3-5,7,9-11,13,15-17,19,21-30,32,34-47H2,1-2H3,(H2,53,54,55)/b8-6-,14-12-,20-18-,33-31-. The van der Waals surface area contributed by atoms with Crippen molar-refractivity contribution >= 4 is 19.8 Å². The molecule has 0 heterocycles. The first-order valence-corrected chi connectivity index (χ1v) is 26.0. The summed E-state index contributed by atoms with van der Waals surface area (Å²) in [5.74, 6) is -0.904. The van der Waals surface area contributed by atoms with Crippen LogP contribution in [0.3, 0.4) is 0 Å². The van der Waals surface area contributed by atoms with Gasteiger partial charge in [-0.15, -0.1) is 0 Å². The van der Waals surface area contributed by atoms with E-state index in [4.69, 9.17) is 19.3 Å². The van der Waals surface area contributed by atoms with Gasteiger partial charge in [0.1, 0.15) is 6.61 Å². The van der Waals surface area contributed by atoms with Gasteiger partial charge in [0.15, 0.2) is 6.10 Å². The van der Waals surface area contributed by atoms with Crippen molar-refractivity contribution in [2.75, 3.05) is 13.2 Å². The van der Waals surface area contributed by atoms with E-state index in [1.807, 2.05) is 0 Å². The first kappa shape index (κ1) is 57.0. The van der Waals surface area contributed by atoms with Gasteiger partial charge in [-0.2, -0.15) is 0 Å². The van der Waals surface area contributed by atoms with Crippen LogP contribution in [0.15, 0.2) is 48.6 Å². The molecule has 344 valence electrons. The van der Waals surface area contributed by atoms with Gasteiger partial charge in [0.25, 0.3) is 0 Å². The summed E-state index contributed by atoms with van der Waals surface area (Å²) in [5.41, 5.74) is 0. The summed E-state index contributed by atoms with van der Waals surface area (Å²) in [7, 11) is -4.77. The molecule has 0 aliphatic carbocycles. The molecule has 0 saturated heterocycles. The average molecular weight is 851 g/mol. The van der Waals surface area contributed by atoms with Crippen molar-refractivity contribution in [1.29, 1.82) is 0 Å². The van der Waals surface area contributed by atoms with Gasteiger partial charge >= 0.3 is 19.8 Å². The molecule has 0 aromatic carbocycles. The van der Waals surface area contributed by atoms with Crippen molar-refractivity contribution in [1.82, 2.24) is 0 Å². The second-order valence-corrected chi connectivity index (χ2v) is 17.7. The number of carbonyl (C=O) groups is 2. The summed E-state index contributed by atoms with van der Waals surface area (Å²) in [4.78, 5) is 43.0. The zero-order valence-corrected chi connectivity index (χ0v) is 39.0. The Morgan fingerprint density at radius 3 is 1.22 bits per heavy atom. The molecule has 0 spiro atoms. The van der Waals surface area contributed by atoms with Crippen LogP contribution in [0.5, 0.6) is 0 Å². The number of rotatable bonds is 45. The number of phosphoric acid groups is 1. The van der Waals surface area contributed by atoms with Gasteiger partial charge in [-0.25, -0.2) is 4.57 Å². The van der Waals surface area contributed by atoms with Gasteiger partial charge in [0.05, 0.1) is 6.61 Å². The van der Waals surface area contributed by atoms with E-state index in [0.717, 1.165) is 70.6 Å². The molecule has 8 nitrogen and oxygen atoms in total. The van der Waals surface area contributed by atoms with Crippen LogP contribution in [-0.4, -0.2) is 41.0 Å². The molecule has 1 unspecified atom stereocenters. The predicted octanol–water partition coefficient (Wildman–Crippen LogP) is 15.5. The summed E-state index contributed by atoms with van der Waals surface area (Å²) < 4.78 is 26.5. The molecule has 0 amide bonds. The fourth-order valence-electron chi connectivity index (χ4n) is 7.01. The Morgan fingerprint density at radius 1 is 0.458 bits per heavy atom. The minimum absolute atomic E-state index is 0.184. The summed E-state index contributed by atoms with van der Waals surface area (Å²) in [5, 5.41) is 0. The number of phosphoric ester groups is 1. The van der Waals surface area contributed by atoms with Crippen LogP contribution >= 0.6 is 7.82 Å². The van der Waals surface area contributed by atoms with E-state index in [9.17, 15) is 14.2 Å². The van der Waals surface area contributed by atoms with Crippen LogP contribution in [0.4, 0.5) is 0 Å². The molecule has 0 aliphatic heterocycles. The van der Waals surface area contributed by atoms with Crippen LogP contribution in [-0.2, 0) is 28.2 Å². The Bertz CT molecular complexity index is 1090. The van der Waals surface area contributed by atoms with Crippen molar-refractivity contribution in [3.63, 3.8) is 0 Å². The van der Waals surface area contributed by atoms with E-state index in [2.05, 4.69) is 67.0 Å². The molecule has 59 heavy (non-hydrogen) atoms. The Kier molecular flexibility index (Phi) is 44.0. The van der Waals surface area contributed by atoms with Gasteiger partial charge in [-0.1, -0.05) is 223 Å². The number of allylic oxidation sites excluding steroid dienone is 8. The zero-order chi connectivity index (χ0) is 43.2. The highest BCUT2D eigenvalue weighted by Gasteiger charge is 2.23. The molecule has 0 aliphatic rings. The summed E-state index contributed by atoms with van der Waals surface area (Å²) in [6.07, 6.45) is 57.1. The number of carbonyl (C=O) groups excluding carboxylic acids is 2. The SMILES string of the molecule is CC/C=C\C/C=C\C/C=C\C/C=C\CCCCCCC(=O)OC(COC(=O)CCCCCCCCCCCCCCCCCCCCCCCCCC)COP(=O)(O)O. The largest absolute Gasteiger partial charge is 0.469 e. The molecule has 0 aromatic rings. The Morgan fingerprint density at radius 2 is 0.814 bits per heavy atom. The Balaban J connectivity index is 3.82. The molecule has 0 aromatic heterocycles. The van der Waals surface area contributed by atoms with E-state index >= 15 is 0 Å². The van der Waals surface area contributed by atoms with Gasteiger partial charge in [0, 0.05) is 12.8 Å². The Hall–Kier alpha value is -1.99. The van der Waals surface area contributed by atoms with Crippen molar-refractivity contribution in [2.24, 2.45) is 0 Å². The molecule has 0 fully saturated rings. The summed E-state index contributed by atoms with van der Waals surface area (Å²) >= 11 is 0. The minimum Gasteiger partial charge on any atom is -0.462 e. The number of unbranched alkanes of at least 4 members (excludes halogenated alkanes) is 27. The zero-order valence-electron chi connectivity index (χ0n) is 38.2. The van der Waals surface area contributed by atoms with Crippen LogP contribution < -0.4 is 0 Å². The molecule has 1 atom stereocenters.